The van der Waals surface area contributed by atoms with Gasteiger partial charge in [0.05, 0.1) is 18.2 Å². The molecule has 4 aromatic rings. The molecule has 39 heavy (non-hydrogen) atoms. The molecule has 2 aromatic carbocycles. The average molecular weight is 553 g/mol. The Labute approximate surface area is 229 Å². The van der Waals surface area contributed by atoms with E-state index in [1.807, 2.05) is 19.9 Å². The summed E-state index contributed by atoms with van der Waals surface area (Å²) in [5, 5.41) is 16.4. The minimum atomic E-state index is -0.960. The van der Waals surface area contributed by atoms with Crippen LogP contribution in [0.5, 0.6) is 0 Å². The molecule has 3 N–H and O–H groups in total. The van der Waals surface area contributed by atoms with Crippen LogP contribution in [0.4, 0.5) is 0 Å². The third kappa shape index (κ3) is 6.31. The van der Waals surface area contributed by atoms with E-state index in [0.29, 0.717) is 32.7 Å². The van der Waals surface area contributed by atoms with Gasteiger partial charge in [0.25, 0.3) is 0 Å². The number of fused-ring (bicyclic) bond motifs is 2. The van der Waals surface area contributed by atoms with Crippen molar-refractivity contribution in [1.29, 1.82) is 0 Å². The number of nitrogens with one attached hydrogen (secondary N) is 2. The van der Waals surface area contributed by atoms with Crippen LogP contribution in [0.1, 0.15) is 40.7 Å². The fourth-order valence-electron chi connectivity index (χ4n) is 4.57. The molecular weight excluding hydrogens is 524 g/mol. The third-order valence-corrected chi connectivity index (χ3v) is 7.00. The molecule has 0 bridgehead atoms. The maximum Gasteiger partial charge on any atom is 0.340 e. The van der Waals surface area contributed by atoms with E-state index in [4.69, 9.17) is 25.5 Å². The first-order valence-electron chi connectivity index (χ1n) is 12.5. The second-order valence-electron chi connectivity index (χ2n) is 9.58. The zero-order chi connectivity index (χ0) is 28.3. The molecule has 0 aliphatic rings. The lowest BCUT2D eigenvalue weighted by Crippen LogP contribution is -2.49. The highest BCUT2D eigenvalue weighted by atomic mass is 35.5. The van der Waals surface area contributed by atoms with Crippen LogP contribution in [-0.2, 0) is 27.2 Å². The van der Waals surface area contributed by atoms with Crippen molar-refractivity contribution < 1.29 is 28.3 Å². The molecule has 9 nitrogen and oxygen atoms in total. The number of aliphatic carboxylic acids is 1. The molecule has 0 unspecified atom stereocenters. The number of amides is 2. The molecule has 0 aliphatic heterocycles. The normalized spacial score (nSPS) is 12.0. The van der Waals surface area contributed by atoms with Crippen molar-refractivity contribution in [3.8, 4) is 0 Å². The number of carbonyl (C=O) groups is 3. The van der Waals surface area contributed by atoms with Crippen LogP contribution in [0.15, 0.2) is 50.2 Å². The van der Waals surface area contributed by atoms with Gasteiger partial charge in [0.2, 0.25) is 11.8 Å². The summed E-state index contributed by atoms with van der Waals surface area (Å²) in [7, 11) is 0. The van der Waals surface area contributed by atoms with Crippen molar-refractivity contribution in [2.45, 2.75) is 52.5 Å². The van der Waals surface area contributed by atoms with E-state index in [9.17, 15) is 19.2 Å². The van der Waals surface area contributed by atoms with Crippen LogP contribution in [0.25, 0.3) is 21.9 Å². The van der Waals surface area contributed by atoms with Gasteiger partial charge in [-0.2, -0.15) is 0 Å². The first kappa shape index (κ1) is 27.9. The fourth-order valence-corrected chi connectivity index (χ4v) is 4.69. The van der Waals surface area contributed by atoms with Gasteiger partial charge < -0.3 is 24.6 Å². The number of benzene rings is 2. The molecule has 2 amide bonds. The van der Waals surface area contributed by atoms with Crippen molar-refractivity contribution in [2.75, 3.05) is 6.54 Å². The van der Waals surface area contributed by atoms with Crippen LogP contribution in [0.3, 0.4) is 0 Å². The number of hydrogen-bond donors (Lipinski definition) is 3. The molecule has 10 heteroatoms. The van der Waals surface area contributed by atoms with E-state index in [1.165, 1.54) is 0 Å². The van der Waals surface area contributed by atoms with Crippen molar-refractivity contribution in [3.63, 3.8) is 0 Å². The zero-order valence-electron chi connectivity index (χ0n) is 21.9. The lowest BCUT2D eigenvalue weighted by molar-refractivity contribution is -0.137. The number of aryl methyl sites for hydroxylation is 3. The predicted molar refractivity (Wildman–Crippen MR) is 147 cm³/mol. The van der Waals surface area contributed by atoms with Gasteiger partial charge in [-0.05, 0) is 62.1 Å². The second kappa shape index (κ2) is 11.7. The summed E-state index contributed by atoms with van der Waals surface area (Å²) in [6.07, 6.45) is 1.70. The molecular formula is C29H29ClN2O7. The van der Waals surface area contributed by atoms with Crippen molar-refractivity contribution in [3.05, 3.63) is 79.9 Å². The minimum absolute atomic E-state index is 0.0877. The van der Waals surface area contributed by atoms with Gasteiger partial charge in [0, 0.05) is 40.7 Å². The first-order valence-corrected chi connectivity index (χ1v) is 12.9. The Morgan fingerprint density at radius 3 is 2.44 bits per heavy atom. The monoisotopic (exact) mass is 552 g/mol. The smallest absolute Gasteiger partial charge is 0.340 e. The highest BCUT2D eigenvalue weighted by Crippen LogP contribution is 2.32. The van der Waals surface area contributed by atoms with E-state index in [2.05, 4.69) is 10.6 Å². The van der Waals surface area contributed by atoms with Gasteiger partial charge >= 0.3 is 11.6 Å². The van der Waals surface area contributed by atoms with E-state index in [-0.39, 0.29) is 37.8 Å². The number of furan rings is 1. The number of carbonyl (C=O) groups excluding carboxylic acids is 2. The molecule has 0 radical (unpaired) electrons. The van der Waals surface area contributed by atoms with Gasteiger partial charge in [-0.3, -0.25) is 14.4 Å². The molecule has 0 aliphatic carbocycles. The summed E-state index contributed by atoms with van der Waals surface area (Å²) in [5.41, 5.74) is 3.66. The number of hydrogen-bond acceptors (Lipinski definition) is 6. The summed E-state index contributed by atoms with van der Waals surface area (Å²) in [5.74, 6) is -1.94. The number of halogens is 1. The van der Waals surface area contributed by atoms with Gasteiger partial charge in [-0.25, -0.2) is 4.79 Å². The maximum atomic E-state index is 13.1. The standard InChI is InChI=1S/C29H29ClN2O7/c1-15-14-38-26-17(3)27-21(12-20(15)26)16(2)22(29(37)39-27)13-24(33)32-23(11-18-6-8-19(30)9-7-18)28(36)31-10-4-5-25(34)35/h6-9,12,14,23H,4-5,10-11,13H2,1-3H3,(H,31,36)(H,32,33)(H,34,35)/t23-/m1/s1. The fraction of sp³-hybridized carbons (Fsp3) is 0.310. The molecule has 0 spiro atoms. The highest BCUT2D eigenvalue weighted by molar-refractivity contribution is 6.30. The lowest BCUT2D eigenvalue weighted by Gasteiger charge is -2.19. The van der Waals surface area contributed by atoms with Crippen LogP contribution < -0.4 is 16.3 Å². The molecule has 204 valence electrons. The molecule has 0 fully saturated rings. The number of carboxylic acid groups (broad SMARTS) is 1. The second-order valence-corrected chi connectivity index (χ2v) is 10.0. The van der Waals surface area contributed by atoms with Gasteiger partial charge in [-0.15, -0.1) is 0 Å². The van der Waals surface area contributed by atoms with Gasteiger partial charge in [0.1, 0.15) is 17.2 Å². The van der Waals surface area contributed by atoms with Gasteiger partial charge in [-0.1, -0.05) is 23.7 Å². The summed E-state index contributed by atoms with van der Waals surface area (Å²) >= 11 is 5.97. The van der Waals surface area contributed by atoms with Crippen molar-refractivity contribution >= 4 is 51.3 Å². The average Bonchev–Trinajstić information content (AvgIpc) is 3.26. The Morgan fingerprint density at radius 1 is 1.03 bits per heavy atom. The summed E-state index contributed by atoms with van der Waals surface area (Å²) in [6, 6.07) is 7.82. The maximum absolute atomic E-state index is 13.1. The Bertz CT molecular complexity index is 1620. The highest BCUT2D eigenvalue weighted by Gasteiger charge is 2.24. The first-order chi connectivity index (χ1) is 18.5. The van der Waals surface area contributed by atoms with Crippen LogP contribution in [0.2, 0.25) is 5.02 Å². The topological polar surface area (TPSA) is 139 Å². The SMILES string of the molecule is Cc1coc2c(C)c3oc(=O)c(CC(=O)N[C@H](Cc4ccc(Cl)cc4)C(=O)NCCCC(=O)O)c(C)c3cc12. The summed E-state index contributed by atoms with van der Waals surface area (Å²) in [6.45, 7) is 5.65. The third-order valence-electron chi connectivity index (χ3n) is 6.74. The zero-order valence-corrected chi connectivity index (χ0v) is 22.6. The Balaban J connectivity index is 1.57. The van der Waals surface area contributed by atoms with E-state index >= 15 is 0 Å². The van der Waals surface area contributed by atoms with Crippen LogP contribution in [0, 0.1) is 20.8 Å². The van der Waals surface area contributed by atoms with E-state index in [0.717, 1.165) is 16.5 Å². The predicted octanol–water partition coefficient (Wildman–Crippen LogP) is 4.37. The Kier molecular flexibility index (Phi) is 8.40. The van der Waals surface area contributed by atoms with Crippen molar-refractivity contribution in [2.24, 2.45) is 0 Å². The largest absolute Gasteiger partial charge is 0.481 e. The van der Waals surface area contributed by atoms with Crippen LogP contribution >= 0.6 is 11.6 Å². The summed E-state index contributed by atoms with van der Waals surface area (Å²) in [4.78, 5) is 49.8. The molecule has 0 saturated heterocycles. The lowest BCUT2D eigenvalue weighted by atomic mass is 9.98. The molecule has 0 saturated carbocycles. The summed E-state index contributed by atoms with van der Waals surface area (Å²) < 4.78 is 11.3. The Morgan fingerprint density at radius 2 is 1.74 bits per heavy atom. The number of rotatable bonds is 10. The quantitative estimate of drug-likeness (QED) is 0.196. The number of carboxylic acids is 1. The van der Waals surface area contributed by atoms with Crippen molar-refractivity contribution in [1.82, 2.24) is 10.6 Å². The minimum Gasteiger partial charge on any atom is -0.481 e. The molecule has 2 heterocycles. The molecule has 2 aromatic heterocycles. The molecule has 4 rings (SSSR count). The molecule has 1 atom stereocenters. The van der Waals surface area contributed by atoms with E-state index < -0.39 is 29.5 Å². The van der Waals surface area contributed by atoms with E-state index in [1.54, 1.807) is 37.5 Å². The van der Waals surface area contributed by atoms with Gasteiger partial charge in [0.15, 0.2) is 0 Å². The Hall–Kier alpha value is -4.11. The van der Waals surface area contributed by atoms with Crippen LogP contribution in [-0.4, -0.2) is 35.5 Å².